The van der Waals surface area contributed by atoms with Gasteiger partial charge in [0, 0.05) is 31.6 Å². The second kappa shape index (κ2) is 6.51. The molecular weight excluding hydrogens is 224 g/mol. The molecule has 0 spiro atoms. The van der Waals surface area contributed by atoms with Gasteiger partial charge in [-0.05, 0) is 30.2 Å². The number of rotatable bonds is 5. The average molecular weight is 241 g/mol. The minimum Gasteiger partial charge on any atom is -0.355 e. The Morgan fingerprint density at radius 1 is 1.38 bits per heavy atom. The third-order valence-electron chi connectivity index (χ3n) is 2.30. The molecule has 0 aliphatic rings. The molecule has 1 aromatic carbocycles. The highest BCUT2D eigenvalue weighted by Gasteiger charge is 1.98. The molecule has 0 atom stereocenters. The lowest BCUT2D eigenvalue weighted by Crippen LogP contribution is -2.30. The van der Waals surface area contributed by atoms with E-state index in [0.717, 1.165) is 18.1 Å². The van der Waals surface area contributed by atoms with E-state index in [1.807, 2.05) is 25.1 Å². The Bertz CT molecular complexity index is 366. The van der Waals surface area contributed by atoms with E-state index >= 15 is 0 Å². The second-order valence-electron chi connectivity index (χ2n) is 3.73. The van der Waals surface area contributed by atoms with E-state index in [4.69, 9.17) is 11.6 Å². The maximum absolute atomic E-state index is 10.6. The van der Waals surface area contributed by atoms with Crippen molar-refractivity contribution in [3.8, 4) is 0 Å². The quantitative estimate of drug-likeness (QED) is 0.772. The zero-order valence-electron chi connectivity index (χ0n) is 9.64. The van der Waals surface area contributed by atoms with Gasteiger partial charge in [0.05, 0.1) is 0 Å². The summed E-state index contributed by atoms with van der Waals surface area (Å²) in [6.07, 6.45) is 0. The highest BCUT2D eigenvalue weighted by molar-refractivity contribution is 6.30. The number of carbonyl (C=O) groups is 1. The summed E-state index contributed by atoms with van der Waals surface area (Å²) in [5, 5.41) is 6.76. The third kappa shape index (κ3) is 4.64. The van der Waals surface area contributed by atoms with Crippen LogP contribution in [0, 0.1) is 6.92 Å². The summed E-state index contributed by atoms with van der Waals surface area (Å²) in [7, 11) is 0. The van der Waals surface area contributed by atoms with E-state index in [-0.39, 0.29) is 5.91 Å². The van der Waals surface area contributed by atoms with E-state index in [1.165, 1.54) is 18.1 Å². The summed E-state index contributed by atoms with van der Waals surface area (Å²) < 4.78 is 0. The molecule has 0 radical (unpaired) electrons. The molecule has 3 nitrogen and oxygen atoms in total. The molecule has 1 aromatic rings. The molecule has 1 rings (SSSR count). The molecule has 88 valence electrons. The van der Waals surface area contributed by atoms with Crippen LogP contribution in [0.25, 0.3) is 0 Å². The number of hydrogen-bond acceptors (Lipinski definition) is 2. The maximum atomic E-state index is 10.6. The van der Waals surface area contributed by atoms with E-state index < -0.39 is 0 Å². The van der Waals surface area contributed by atoms with E-state index in [1.54, 1.807) is 0 Å². The number of nitrogens with one attached hydrogen (secondary N) is 2. The van der Waals surface area contributed by atoms with Gasteiger partial charge in [0.1, 0.15) is 0 Å². The number of aryl methyl sites for hydroxylation is 1. The van der Waals surface area contributed by atoms with Crippen molar-refractivity contribution in [2.45, 2.75) is 20.4 Å². The molecule has 0 aliphatic heterocycles. The predicted molar refractivity (Wildman–Crippen MR) is 66.6 cm³/mol. The normalized spacial score (nSPS) is 10.2. The molecule has 16 heavy (non-hydrogen) atoms. The number of carbonyl (C=O) groups excluding carboxylic acids is 1. The summed E-state index contributed by atoms with van der Waals surface area (Å²) in [5.41, 5.74) is 2.41. The highest BCUT2D eigenvalue weighted by atomic mass is 35.5. The molecular formula is C12H17ClN2O. The van der Waals surface area contributed by atoms with Crippen molar-refractivity contribution < 1.29 is 4.79 Å². The first kappa shape index (κ1) is 13.0. The zero-order chi connectivity index (χ0) is 12.0. The van der Waals surface area contributed by atoms with Gasteiger partial charge in [-0.25, -0.2) is 0 Å². The smallest absolute Gasteiger partial charge is 0.216 e. The highest BCUT2D eigenvalue weighted by Crippen LogP contribution is 2.14. The Kier molecular flexibility index (Phi) is 5.29. The monoisotopic (exact) mass is 240 g/mol. The van der Waals surface area contributed by atoms with Crippen molar-refractivity contribution in [2.24, 2.45) is 0 Å². The first-order valence-electron chi connectivity index (χ1n) is 5.30. The van der Waals surface area contributed by atoms with Gasteiger partial charge in [0.15, 0.2) is 0 Å². The summed E-state index contributed by atoms with van der Waals surface area (Å²) in [6.45, 7) is 5.77. The van der Waals surface area contributed by atoms with Crippen LogP contribution in [0.1, 0.15) is 18.1 Å². The lowest BCUT2D eigenvalue weighted by Gasteiger charge is -2.08. The Hall–Kier alpha value is -1.06. The van der Waals surface area contributed by atoms with Crippen LogP contribution in [0.5, 0.6) is 0 Å². The fourth-order valence-electron chi connectivity index (χ4n) is 1.41. The third-order valence-corrected chi connectivity index (χ3v) is 2.53. The Labute approximate surface area is 101 Å². The molecule has 0 aromatic heterocycles. The molecule has 4 heteroatoms. The topological polar surface area (TPSA) is 41.1 Å². The van der Waals surface area contributed by atoms with Gasteiger partial charge in [0.2, 0.25) is 5.91 Å². The van der Waals surface area contributed by atoms with Crippen molar-refractivity contribution >= 4 is 17.5 Å². The summed E-state index contributed by atoms with van der Waals surface area (Å²) in [4.78, 5) is 10.6. The fraction of sp³-hybridized carbons (Fsp3) is 0.417. The van der Waals surface area contributed by atoms with Gasteiger partial charge in [0.25, 0.3) is 0 Å². The molecule has 0 saturated carbocycles. The molecule has 0 fully saturated rings. The number of hydrogen-bond donors (Lipinski definition) is 2. The minimum absolute atomic E-state index is 0.00414. The Balaban J connectivity index is 2.29. The lowest BCUT2D eigenvalue weighted by atomic mass is 10.1. The van der Waals surface area contributed by atoms with Crippen molar-refractivity contribution in [1.29, 1.82) is 0 Å². The summed E-state index contributed by atoms with van der Waals surface area (Å²) >= 11 is 5.87. The van der Waals surface area contributed by atoms with Crippen LogP contribution in [0.4, 0.5) is 0 Å². The largest absolute Gasteiger partial charge is 0.355 e. The number of halogens is 1. The average Bonchev–Trinajstić information content (AvgIpc) is 2.20. The van der Waals surface area contributed by atoms with Crippen LogP contribution in [-0.2, 0) is 11.3 Å². The summed E-state index contributed by atoms with van der Waals surface area (Å²) in [6, 6.07) is 5.86. The molecule has 0 saturated heterocycles. The van der Waals surface area contributed by atoms with Crippen molar-refractivity contribution in [3.05, 3.63) is 34.3 Å². The van der Waals surface area contributed by atoms with Crippen LogP contribution in [-0.4, -0.2) is 19.0 Å². The van der Waals surface area contributed by atoms with Crippen molar-refractivity contribution in [1.82, 2.24) is 10.6 Å². The number of amides is 1. The first-order valence-corrected chi connectivity index (χ1v) is 5.67. The van der Waals surface area contributed by atoms with Gasteiger partial charge in [-0.1, -0.05) is 17.7 Å². The van der Waals surface area contributed by atoms with Crippen molar-refractivity contribution in [3.63, 3.8) is 0 Å². The van der Waals surface area contributed by atoms with Crippen LogP contribution < -0.4 is 10.6 Å². The van der Waals surface area contributed by atoms with Gasteiger partial charge < -0.3 is 10.6 Å². The maximum Gasteiger partial charge on any atom is 0.216 e. The van der Waals surface area contributed by atoms with Gasteiger partial charge in [-0.15, -0.1) is 0 Å². The standard InChI is InChI=1S/C12H17ClN2O/c1-9-7-12(13)4-3-11(9)8-14-5-6-15-10(2)16/h3-4,7,14H,5-6,8H2,1-2H3,(H,15,16). The van der Waals surface area contributed by atoms with Crippen LogP contribution in [0.3, 0.4) is 0 Å². The zero-order valence-corrected chi connectivity index (χ0v) is 10.4. The molecule has 2 N–H and O–H groups in total. The fourth-order valence-corrected chi connectivity index (χ4v) is 1.63. The van der Waals surface area contributed by atoms with Crippen LogP contribution >= 0.6 is 11.6 Å². The molecule has 0 aliphatic carbocycles. The predicted octanol–water partition coefficient (Wildman–Crippen LogP) is 1.87. The van der Waals surface area contributed by atoms with Gasteiger partial charge >= 0.3 is 0 Å². The van der Waals surface area contributed by atoms with Gasteiger partial charge in [-0.2, -0.15) is 0 Å². The van der Waals surface area contributed by atoms with Gasteiger partial charge in [-0.3, -0.25) is 4.79 Å². The van der Waals surface area contributed by atoms with E-state index in [9.17, 15) is 4.79 Å². The van der Waals surface area contributed by atoms with Crippen LogP contribution in [0.2, 0.25) is 5.02 Å². The molecule has 0 unspecified atom stereocenters. The Morgan fingerprint density at radius 3 is 2.75 bits per heavy atom. The molecule has 0 heterocycles. The minimum atomic E-state index is 0.00414. The first-order chi connectivity index (χ1) is 7.59. The lowest BCUT2D eigenvalue weighted by molar-refractivity contribution is -0.118. The molecule has 1 amide bonds. The van der Waals surface area contributed by atoms with E-state index in [0.29, 0.717) is 6.54 Å². The SMILES string of the molecule is CC(=O)NCCNCc1ccc(Cl)cc1C. The number of benzene rings is 1. The van der Waals surface area contributed by atoms with E-state index in [2.05, 4.69) is 10.6 Å². The Morgan fingerprint density at radius 2 is 2.12 bits per heavy atom. The van der Waals surface area contributed by atoms with Crippen molar-refractivity contribution in [2.75, 3.05) is 13.1 Å². The summed E-state index contributed by atoms with van der Waals surface area (Å²) in [5.74, 6) is 0.00414. The molecule has 0 bridgehead atoms. The second-order valence-corrected chi connectivity index (χ2v) is 4.17. The van der Waals surface area contributed by atoms with Crippen LogP contribution in [0.15, 0.2) is 18.2 Å².